The molecule has 120 valence electrons. The van der Waals surface area contributed by atoms with Gasteiger partial charge in [0, 0.05) is 12.0 Å². The van der Waals surface area contributed by atoms with Crippen LogP contribution in [0.4, 0.5) is 0 Å². The summed E-state index contributed by atoms with van der Waals surface area (Å²) in [6.07, 6.45) is 4.51. The van der Waals surface area contributed by atoms with E-state index in [0.29, 0.717) is 30.4 Å². The number of ether oxygens (including phenoxy) is 1. The summed E-state index contributed by atoms with van der Waals surface area (Å²) in [5.74, 6) is 1.85. The molecular formula is C19H20O4. The summed E-state index contributed by atoms with van der Waals surface area (Å²) in [5, 5.41) is 22.1. The second-order valence-corrected chi connectivity index (χ2v) is 8.28. The van der Waals surface area contributed by atoms with Gasteiger partial charge in [-0.1, -0.05) is 6.07 Å². The number of ketones is 1. The molecule has 6 atom stereocenters. The number of carbonyl (C=O) groups excluding carboxylic acids is 1. The maximum atomic E-state index is 12.7. The zero-order valence-corrected chi connectivity index (χ0v) is 12.9. The standard InChI is InChI=1S/C19H20O4/c20-13-4-3-9-1-2-10-7-11-8-12(10)19-15(9)16(13)23-17(19)14(21)5-6-18(11,19)22/h3-4,10-12,17,20,22H,1-2,5-8H2/t10?,11-,12?,17+,18?,19?/m1/s1. The fourth-order valence-electron chi connectivity index (χ4n) is 7.13. The summed E-state index contributed by atoms with van der Waals surface area (Å²) in [5.41, 5.74) is 0.706. The summed E-state index contributed by atoms with van der Waals surface area (Å²) in [6, 6.07) is 3.66. The lowest BCUT2D eigenvalue weighted by molar-refractivity contribution is -0.164. The molecule has 23 heavy (non-hydrogen) atoms. The highest BCUT2D eigenvalue weighted by Gasteiger charge is 2.79. The molecule has 0 amide bonds. The number of phenolic OH excluding ortho intramolecular Hbond substituents is 1. The summed E-state index contributed by atoms with van der Waals surface area (Å²) >= 11 is 0. The van der Waals surface area contributed by atoms with Crippen LogP contribution in [0.15, 0.2) is 12.1 Å². The molecule has 2 N–H and O–H groups in total. The number of hydrogen-bond acceptors (Lipinski definition) is 4. The van der Waals surface area contributed by atoms with Gasteiger partial charge in [-0.05, 0) is 61.5 Å². The van der Waals surface area contributed by atoms with Gasteiger partial charge in [-0.2, -0.15) is 0 Å². The fraction of sp³-hybridized carbons (Fsp3) is 0.632. The Labute approximate surface area is 134 Å². The minimum absolute atomic E-state index is 0.101. The van der Waals surface area contributed by atoms with Crippen molar-refractivity contribution in [2.75, 3.05) is 0 Å². The molecule has 4 nitrogen and oxygen atoms in total. The molecule has 5 aliphatic rings. The molecule has 4 aliphatic carbocycles. The Bertz CT molecular complexity index is 771. The van der Waals surface area contributed by atoms with Gasteiger partial charge >= 0.3 is 0 Å². The zero-order valence-electron chi connectivity index (χ0n) is 12.9. The molecule has 3 fully saturated rings. The highest BCUT2D eigenvalue weighted by Crippen LogP contribution is 2.74. The number of hydrogen-bond donors (Lipinski definition) is 2. The summed E-state index contributed by atoms with van der Waals surface area (Å²) in [4.78, 5) is 12.7. The van der Waals surface area contributed by atoms with E-state index in [2.05, 4.69) is 0 Å². The van der Waals surface area contributed by atoms with Crippen molar-refractivity contribution in [2.45, 2.75) is 55.6 Å². The number of aryl methyl sites for hydroxylation is 1. The Kier molecular flexibility index (Phi) is 2.00. The third-order valence-corrected chi connectivity index (χ3v) is 7.79. The van der Waals surface area contributed by atoms with Crippen LogP contribution in [0.3, 0.4) is 0 Å². The van der Waals surface area contributed by atoms with E-state index in [-0.39, 0.29) is 17.5 Å². The number of fused-ring (bicyclic) bond motifs is 2. The maximum absolute atomic E-state index is 12.7. The van der Waals surface area contributed by atoms with Gasteiger partial charge in [0.25, 0.3) is 0 Å². The van der Waals surface area contributed by atoms with Crippen LogP contribution >= 0.6 is 0 Å². The van der Waals surface area contributed by atoms with Crippen LogP contribution in [0.5, 0.6) is 11.5 Å². The third-order valence-electron chi connectivity index (χ3n) is 7.79. The van der Waals surface area contributed by atoms with Crippen LogP contribution in [0.2, 0.25) is 0 Å². The molecular weight excluding hydrogens is 292 g/mol. The van der Waals surface area contributed by atoms with Crippen molar-refractivity contribution in [3.63, 3.8) is 0 Å². The average molecular weight is 312 g/mol. The highest BCUT2D eigenvalue weighted by molar-refractivity contribution is 5.90. The van der Waals surface area contributed by atoms with Crippen LogP contribution in [0.25, 0.3) is 0 Å². The molecule has 2 bridgehead atoms. The van der Waals surface area contributed by atoms with Crippen molar-refractivity contribution in [3.8, 4) is 11.5 Å². The molecule has 1 aromatic rings. The van der Waals surface area contributed by atoms with Crippen molar-refractivity contribution in [1.82, 2.24) is 0 Å². The van der Waals surface area contributed by atoms with E-state index in [9.17, 15) is 15.0 Å². The highest BCUT2D eigenvalue weighted by atomic mass is 16.5. The smallest absolute Gasteiger partial charge is 0.174 e. The van der Waals surface area contributed by atoms with Gasteiger partial charge in [-0.15, -0.1) is 0 Å². The van der Waals surface area contributed by atoms with Crippen LogP contribution in [-0.2, 0) is 16.6 Å². The number of Topliss-reactive ketones (excluding diaryl/α,β-unsaturated/α-hetero) is 1. The first-order valence-corrected chi connectivity index (χ1v) is 8.84. The molecule has 4 unspecified atom stereocenters. The predicted octanol–water partition coefficient (Wildman–Crippen LogP) is 2.09. The topological polar surface area (TPSA) is 66.8 Å². The van der Waals surface area contributed by atoms with E-state index >= 15 is 0 Å². The average Bonchev–Trinajstić information content (AvgIpc) is 3.16. The number of aliphatic hydroxyl groups is 1. The normalized spacial score (nSPS) is 48.1. The van der Waals surface area contributed by atoms with E-state index in [1.54, 1.807) is 6.07 Å². The van der Waals surface area contributed by atoms with E-state index in [1.165, 1.54) is 5.56 Å². The zero-order chi connectivity index (χ0) is 15.6. The molecule has 1 aromatic carbocycles. The Morgan fingerprint density at radius 3 is 2.96 bits per heavy atom. The van der Waals surface area contributed by atoms with Crippen LogP contribution in [-0.4, -0.2) is 27.7 Å². The van der Waals surface area contributed by atoms with Gasteiger partial charge in [0.1, 0.15) is 0 Å². The quantitative estimate of drug-likeness (QED) is 0.770. The first-order valence-electron chi connectivity index (χ1n) is 8.84. The largest absolute Gasteiger partial charge is 0.504 e. The van der Waals surface area contributed by atoms with Gasteiger partial charge in [0.15, 0.2) is 23.4 Å². The van der Waals surface area contributed by atoms with Gasteiger partial charge in [-0.25, -0.2) is 0 Å². The molecule has 1 heterocycles. The first kappa shape index (κ1) is 12.8. The molecule has 1 aliphatic heterocycles. The second kappa shape index (κ2) is 3.59. The first-order chi connectivity index (χ1) is 11.1. The summed E-state index contributed by atoms with van der Waals surface area (Å²) in [6.45, 7) is 0. The number of aromatic hydroxyl groups is 1. The molecule has 0 aromatic heterocycles. The Morgan fingerprint density at radius 1 is 1.22 bits per heavy atom. The second-order valence-electron chi connectivity index (χ2n) is 8.28. The lowest BCUT2D eigenvalue weighted by Crippen LogP contribution is -2.67. The van der Waals surface area contributed by atoms with Crippen molar-refractivity contribution in [2.24, 2.45) is 17.8 Å². The van der Waals surface area contributed by atoms with Crippen LogP contribution in [0.1, 0.15) is 43.2 Å². The van der Waals surface area contributed by atoms with E-state index in [0.717, 1.165) is 31.2 Å². The number of rotatable bonds is 0. The van der Waals surface area contributed by atoms with Crippen molar-refractivity contribution >= 4 is 5.78 Å². The Hall–Kier alpha value is -1.55. The van der Waals surface area contributed by atoms with Gasteiger partial charge < -0.3 is 14.9 Å². The van der Waals surface area contributed by atoms with E-state index in [4.69, 9.17) is 4.74 Å². The van der Waals surface area contributed by atoms with Gasteiger partial charge in [0.05, 0.1) is 11.0 Å². The molecule has 1 spiro atoms. The molecule has 0 saturated heterocycles. The molecule has 4 heteroatoms. The molecule has 6 rings (SSSR count). The van der Waals surface area contributed by atoms with Crippen molar-refractivity contribution < 1.29 is 19.7 Å². The van der Waals surface area contributed by atoms with Crippen LogP contribution < -0.4 is 4.74 Å². The lowest BCUT2D eigenvalue weighted by Gasteiger charge is -2.54. The Morgan fingerprint density at radius 2 is 2.09 bits per heavy atom. The Balaban J connectivity index is 1.76. The van der Waals surface area contributed by atoms with Gasteiger partial charge in [-0.3, -0.25) is 4.79 Å². The summed E-state index contributed by atoms with van der Waals surface area (Å²) in [7, 11) is 0. The number of phenols is 1. The van der Waals surface area contributed by atoms with Crippen molar-refractivity contribution in [3.05, 3.63) is 23.3 Å². The monoisotopic (exact) mass is 312 g/mol. The van der Waals surface area contributed by atoms with Crippen molar-refractivity contribution in [1.29, 1.82) is 0 Å². The lowest BCUT2D eigenvalue weighted by atomic mass is 9.51. The molecule has 3 saturated carbocycles. The van der Waals surface area contributed by atoms with E-state index in [1.807, 2.05) is 6.07 Å². The summed E-state index contributed by atoms with van der Waals surface area (Å²) < 4.78 is 6.08. The minimum Gasteiger partial charge on any atom is -0.504 e. The molecule has 0 radical (unpaired) electrons. The van der Waals surface area contributed by atoms with E-state index < -0.39 is 17.1 Å². The third kappa shape index (κ3) is 1.10. The number of carbonyl (C=O) groups is 1. The maximum Gasteiger partial charge on any atom is 0.174 e. The number of benzene rings is 1. The predicted molar refractivity (Wildman–Crippen MR) is 81.4 cm³/mol. The van der Waals surface area contributed by atoms with Gasteiger partial charge in [0.2, 0.25) is 0 Å². The van der Waals surface area contributed by atoms with Crippen LogP contribution in [0, 0.1) is 17.8 Å². The minimum atomic E-state index is -0.842. The SMILES string of the molecule is O=C1CCC2(O)[C@@H]3CC4CCc5ccc(O)c6c5C2(C4C3)[C@H]1O6. The fourth-order valence-corrected chi connectivity index (χ4v) is 7.13.